The molecule has 3 amide bonds. The van der Waals surface area contributed by atoms with Crippen LogP contribution in [0.3, 0.4) is 0 Å². The summed E-state index contributed by atoms with van der Waals surface area (Å²) in [6.45, 7) is 1.18. The Balaban J connectivity index is 1.32. The van der Waals surface area contributed by atoms with Gasteiger partial charge in [-0.3, -0.25) is 19.8 Å². The number of fused-ring (bicyclic) bond motifs is 1. The molecular weight excluding hydrogens is 516 g/mol. The molecule has 0 unspecified atom stereocenters. The number of amides is 3. The zero-order valence-electron chi connectivity index (χ0n) is 22.6. The third-order valence-corrected chi connectivity index (χ3v) is 7.57. The van der Waals surface area contributed by atoms with Crippen molar-refractivity contribution in [3.8, 4) is 11.8 Å². The Morgan fingerprint density at radius 2 is 2.10 bits per heavy atom. The molecule has 0 aromatic carbocycles. The molecule has 12 heteroatoms. The van der Waals surface area contributed by atoms with E-state index in [0.29, 0.717) is 55.8 Å². The smallest absolute Gasteiger partial charge is 0.328 e. The highest BCUT2D eigenvalue weighted by Gasteiger charge is 2.34. The van der Waals surface area contributed by atoms with E-state index in [-0.39, 0.29) is 41.7 Å². The highest BCUT2D eigenvalue weighted by molar-refractivity contribution is 6.01. The van der Waals surface area contributed by atoms with E-state index >= 15 is 0 Å². The topological polar surface area (TPSA) is 147 Å². The number of aromatic nitrogens is 2. The minimum atomic E-state index is -0.467. The second-order valence-corrected chi connectivity index (χ2v) is 10.2. The zero-order valence-corrected chi connectivity index (χ0v) is 22.6. The van der Waals surface area contributed by atoms with Gasteiger partial charge in [-0.15, -0.1) is 0 Å². The van der Waals surface area contributed by atoms with E-state index < -0.39 is 12.1 Å². The van der Waals surface area contributed by atoms with Crippen molar-refractivity contribution in [1.82, 2.24) is 14.9 Å². The van der Waals surface area contributed by atoms with Crippen LogP contribution in [0.4, 0.5) is 16.4 Å². The molecule has 2 fully saturated rings. The summed E-state index contributed by atoms with van der Waals surface area (Å²) in [5.41, 5.74) is 1.86. The molecule has 0 radical (unpaired) electrons. The predicted octanol–water partition coefficient (Wildman–Crippen LogP) is 2.84. The van der Waals surface area contributed by atoms with Crippen LogP contribution in [0.2, 0.25) is 0 Å². The zero-order chi connectivity index (χ0) is 28.2. The van der Waals surface area contributed by atoms with Gasteiger partial charge in [0.1, 0.15) is 46.9 Å². The number of nitrogens with one attached hydrogen (secondary N) is 1. The first-order valence-corrected chi connectivity index (χ1v) is 13.4. The van der Waals surface area contributed by atoms with Crippen molar-refractivity contribution in [2.45, 2.75) is 63.4 Å². The number of urea groups is 1. The summed E-state index contributed by atoms with van der Waals surface area (Å²) in [5, 5.41) is 12.3. The second-order valence-electron chi connectivity index (χ2n) is 10.2. The third-order valence-electron chi connectivity index (χ3n) is 7.57. The van der Waals surface area contributed by atoms with Crippen molar-refractivity contribution >= 4 is 29.9 Å². The number of likely N-dealkylation sites (N-methyl/N-ethyl adjacent to an activating group) is 1. The molecular formula is C28H32N6O6. The van der Waals surface area contributed by atoms with Gasteiger partial charge >= 0.3 is 6.03 Å². The SMILES string of the molecule is CO[C@@H]1CC[C@H]1Oc1cc(NC(=O)N2CCCc3cc(CN(C)C(=O)[C@H]4CCCO4)c(C=O)nc32)ncc1C#N. The molecule has 2 aromatic heterocycles. The Kier molecular flexibility index (Phi) is 8.23. The van der Waals surface area contributed by atoms with Crippen LogP contribution in [0.1, 0.15) is 59.3 Å². The molecule has 1 saturated heterocycles. The molecule has 1 aliphatic carbocycles. The van der Waals surface area contributed by atoms with E-state index in [0.717, 1.165) is 24.8 Å². The van der Waals surface area contributed by atoms with E-state index in [1.165, 1.54) is 17.2 Å². The molecule has 3 aliphatic rings. The quantitative estimate of drug-likeness (QED) is 0.492. The Hall–Kier alpha value is -4.08. The van der Waals surface area contributed by atoms with Crippen LogP contribution < -0.4 is 15.0 Å². The second kappa shape index (κ2) is 12.0. The van der Waals surface area contributed by atoms with Crippen LogP contribution in [-0.2, 0) is 27.2 Å². The van der Waals surface area contributed by atoms with Gasteiger partial charge in [0.05, 0.1) is 12.3 Å². The monoisotopic (exact) mass is 548 g/mol. The van der Waals surface area contributed by atoms with Crippen molar-refractivity contribution in [3.63, 3.8) is 0 Å². The summed E-state index contributed by atoms with van der Waals surface area (Å²) in [4.78, 5) is 49.8. The van der Waals surface area contributed by atoms with Crippen LogP contribution in [0, 0.1) is 11.3 Å². The number of carbonyl (C=O) groups is 3. The molecule has 1 N–H and O–H groups in total. The number of aryl methyl sites for hydroxylation is 1. The Morgan fingerprint density at radius 1 is 1.27 bits per heavy atom. The van der Waals surface area contributed by atoms with Crippen LogP contribution in [0.25, 0.3) is 0 Å². The molecule has 3 atom stereocenters. The van der Waals surface area contributed by atoms with Crippen LogP contribution in [-0.4, -0.2) is 78.7 Å². The summed E-state index contributed by atoms with van der Waals surface area (Å²) in [6, 6.07) is 4.98. The van der Waals surface area contributed by atoms with Crippen LogP contribution in [0.15, 0.2) is 18.3 Å². The average molecular weight is 549 g/mol. The van der Waals surface area contributed by atoms with Crippen LogP contribution >= 0.6 is 0 Å². The summed E-state index contributed by atoms with van der Waals surface area (Å²) in [6.07, 6.45) is 5.94. The van der Waals surface area contributed by atoms with Gasteiger partial charge in [-0.25, -0.2) is 14.8 Å². The number of pyridine rings is 2. The van der Waals surface area contributed by atoms with Gasteiger partial charge in [0.25, 0.3) is 5.91 Å². The maximum Gasteiger partial charge on any atom is 0.328 e. The van der Waals surface area contributed by atoms with Crippen molar-refractivity contribution in [2.75, 3.05) is 37.5 Å². The van der Waals surface area contributed by atoms with Gasteiger partial charge in [0.15, 0.2) is 6.29 Å². The molecule has 0 spiro atoms. The molecule has 2 aromatic rings. The Labute approximate surface area is 232 Å². The standard InChI is InChI=1S/C28H32N6O6/c1-33(27(36)23-6-4-10-39-23)15-18-11-17-5-3-9-34(26(17)31-20(18)16-35)28(37)32-25-12-24(19(13-29)14-30-25)40-22-8-7-21(22)38-2/h11-12,14,16,21-23H,3-10,15H2,1-2H3,(H,30,32,37)/t21-,22-,23-/m1/s1. The van der Waals surface area contributed by atoms with Gasteiger partial charge in [0, 0.05) is 45.5 Å². The molecule has 0 bridgehead atoms. The van der Waals surface area contributed by atoms with E-state index in [1.54, 1.807) is 19.1 Å². The van der Waals surface area contributed by atoms with E-state index in [2.05, 4.69) is 21.4 Å². The van der Waals surface area contributed by atoms with Gasteiger partial charge < -0.3 is 19.1 Å². The minimum absolute atomic E-state index is 0.0421. The molecule has 210 valence electrons. The first kappa shape index (κ1) is 27.5. The van der Waals surface area contributed by atoms with E-state index in [9.17, 15) is 19.6 Å². The fourth-order valence-electron chi connectivity index (χ4n) is 5.21. The maximum atomic E-state index is 13.3. The molecule has 1 saturated carbocycles. The number of anilines is 2. The molecule has 5 rings (SSSR count). The fraction of sp³-hybridized carbons (Fsp3) is 0.500. The maximum absolute atomic E-state index is 13.3. The normalized spacial score (nSPS) is 21.5. The number of nitriles is 1. The number of hydrogen-bond donors (Lipinski definition) is 1. The number of aldehydes is 1. The van der Waals surface area contributed by atoms with E-state index in [1.807, 2.05) is 6.07 Å². The van der Waals surface area contributed by atoms with Crippen molar-refractivity contribution < 1.29 is 28.6 Å². The Bertz CT molecular complexity index is 1340. The molecule has 4 heterocycles. The lowest BCUT2D eigenvalue weighted by Crippen LogP contribution is -2.42. The summed E-state index contributed by atoms with van der Waals surface area (Å²) in [5.74, 6) is 0.818. The lowest BCUT2D eigenvalue weighted by atomic mass is 9.92. The number of nitrogens with zero attached hydrogens (tertiary/aromatic N) is 5. The van der Waals surface area contributed by atoms with Crippen LogP contribution in [0.5, 0.6) is 5.75 Å². The number of methoxy groups -OCH3 is 1. The van der Waals surface area contributed by atoms with Crippen molar-refractivity contribution in [3.05, 3.63) is 40.7 Å². The summed E-state index contributed by atoms with van der Waals surface area (Å²) in [7, 11) is 3.30. The molecule has 12 nitrogen and oxygen atoms in total. The van der Waals surface area contributed by atoms with Gasteiger partial charge in [-0.2, -0.15) is 5.26 Å². The van der Waals surface area contributed by atoms with Gasteiger partial charge in [-0.1, -0.05) is 0 Å². The number of carbonyl (C=O) groups excluding carboxylic acids is 3. The summed E-state index contributed by atoms with van der Waals surface area (Å²) >= 11 is 0. The van der Waals surface area contributed by atoms with Crippen molar-refractivity contribution in [1.29, 1.82) is 5.26 Å². The number of hydrogen-bond acceptors (Lipinski definition) is 9. The highest BCUT2D eigenvalue weighted by atomic mass is 16.5. The van der Waals surface area contributed by atoms with Gasteiger partial charge in [-0.05, 0) is 50.2 Å². The average Bonchev–Trinajstić information content (AvgIpc) is 3.49. The molecule has 40 heavy (non-hydrogen) atoms. The largest absolute Gasteiger partial charge is 0.486 e. The first-order chi connectivity index (χ1) is 19.4. The minimum Gasteiger partial charge on any atom is -0.486 e. The number of ether oxygens (including phenoxy) is 3. The fourth-order valence-corrected chi connectivity index (χ4v) is 5.21. The highest BCUT2D eigenvalue weighted by Crippen LogP contribution is 2.32. The van der Waals surface area contributed by atoms with Gasteiger partial charge in [0.2, 0.25) is 0 Å². The van der Waals surface area contributed by atoms with E-state index in [4.69, 9.17) is 14.2 Å². The summed E-state index contributed by atoms with van der Waals surface area (Å²) < 4.78 is 16.9. The lowest BCUT2D eigenvalue weighted by Gasteiger charge is -2.35. The molecule has 2 aliphatic heterocycles. The first-order valence-electron chi connectivity index (χ1n) is 13.4. The third kappa shape index (κ3) is 5.61. The number of rotatable bonds is 8. The lowest BCUT2D eigenvalue weighted by molar-refractivity contribution is -0.140. The van der Waals surface area contributed by atoms with Crippen molar-refractivity contribution in [2.24, 2.45) is 0 Å². The Morgan fingerprint density at radius 3 is 2.77 bits per heavy atom. The predicted molar refractivity (Wildman–Crippen MR) is 143 cm³/mol.